The Labute approximate surface area is 162 Å². The van der Waals surface area contributed by atoms with Crippen molar-refractivity contribution in [1.82, 2.24) is 9.62 Å². The van der Waals surface area contributed by atoms with E-state index in [4.69, 9.17) is 33.0 Å². The van der Waals surface area contributed by atoms with Crippen LogP contribution in [0, 0.1) is 0 Å². The number of rotatable bonds is 5. The van der Waals surface area contributed by atoms with Crippen molar-refractivity contribution < 1.29 is 17.6 Å². The number of anilines is 1. The van der Waals surface area contributed by atoms with E-state index in [0.29, 0.717) is 48.7 Å². The molecule has 0 atom stereocenters. The van der Waals surface area contributed by atoms with Gasteiger partial charge in [-0.25, -0.2) is 8.42 Å². The van der Waals surface area contributed by atoms with E-state index in [0.717, 1.165) is 5.76 Å². The molecule has 1 saturated heterocycles. The van der Waals surface area contributed by atoms with Crippen LogP contribution in [0.25, 0.3) is 0 Å². The molecule has 0 radical (unpaired) electrons. The van der Waals surface area contributed by atoms with Gasteiger partial charge in [-0.15, -0.1) is 0 Å². The van der Waals surface area contributed by atoms with Crippen LogP contribution in [0.2, 0.25) is 5.02 Å². The third-order valence-corrected chi connectivity index (χ3v) is 6.27. The number of nitrogens with one attached hydrogen (secondary N) is 2. The van der Waals surface area contributed by atoms with Crippen molar-refractivity contribution in [2.24, 2.45) is 0 Å². The fourth-order valence-corrected chi connectivity index (χ4v) is 4.23. The van der Waals surface area contributed by atoms with Gasteiger partial charge in [0.05, 0.1) is 41.6 Å². The molecule has 1 aliphatic heterocycles. The Hall–Kier alpha value is -1.65. The van der Waals surface area contributed by atoms with Crippen LogP contribution in [0.5, 0.6) is 0 Å². The van der Waals surface area contributed by atoms with E-state index in [-0.39, 0.29) is 4.90 Å². The van der Waals surface area contributed by atoms with Gasteiger partial charge < -0.3 is 19.8 Å². The van der Waals surface area contributed by atoms with Crippen LogP contribution < -0.4 is 10.6 Å². The first-order valence-corrected chi connectivity index (χ1v) is 10.1. The number of furan rings is 1. The number of hydrogen-bond donors (Lipinski definition) is 2. The summed E-state index contributed by atoms with van der Waals surface area (Å²) < 4.78 is 37.3. The summed E-state index contributed by atoms with van der Waals surface area (Å²) in [7, 11) is -3.61. The summed E-state index contributed by atoms with van der Waals surface area (Å²) in [6, 6.07) is 8.10. The summed E-state index contributed by atoms with van der Waals surface area (Å²) in [5.74, 6) is 0.726. The molecule has 0 saturated carbocycles. The highest BCUT2D eigenvalue weighted by Crippen LogP contribution is 2.27. The molecule has 10 heteroatoms. The largest absolute Gasteiger partial charge is 0.467 e. The van der Waals surface area contributed by atoms with Gasteiger partial charge in [0.15, 0.2) is 5.11 Å². The Bertz CT molecular complexity index is 866. The van der Waals surface area contributed by atoms with Gasteiger partial charge in [-0.3, -0.25) is 0 Å². The van der Waals surface area contributed by atoms with Gasteiger partial charge in [-0.1, -0.05) is 11.6 Å². The molecule has 7 nitrogen and oxygen atoms in total. The molecule has 1 aliphatic rings. The van der Waals surface area contributed by atoms with E-state index >= 15 is 0 Å². The van der Waals surface area contributed by atoms with Crippen LogP contribution in [-0.4, -0.2) is 44.1 Å². The molecular weight excluding hydrogens is 398 g/mol. The number of hydrogen-bond acceptors (Lipinski definition) is 5. The summed E-state index contributed by atoms with van der Waals surface area (Å²) in [4.78, 5) is 0.153. The lowest BCUT2D eigenvalue weighted by molar-refractivity contribution is 0.0730. The van der Waals surface area contributed by atoms with Gasteiger partial charge in [0.1, 0.15) is 5.76 Å². The Morgan fingerprint density at radius 3 is 2.73 bits per heavy atom. The van der Waals surface area contributed by atoms with Crippen LogP contribution in [0.3, 0.4) is 0 Å². The molecule has 0 bridgehead atoms. The second-order valence-electron chi connectivity index (χ2n) is 5.55. The number of ether oxygens (including phenoxy) is 1. The van der Waals surface area contributed by atoms with Crippen molar-refractivity contribution in [3.8, 4) is 0 Å². The molecular formula is C16H18ClN3O4S2. The second-order valence-corrected chi connectivity index (χ2v) is 8.30. The van der Waals surface area contributed by atoms with Crippen molar-refractivity contribution in [3.05, 3.63) is 47.4 Å². The standard InChI is InChI=1S/C16H18ClN3O4S2/c17-14-4-3-13(26(21,22)20-5-8-23-9-6-20)10-15(14)19-16(25)18-11-12-2-1-7-24-12/h1-4,7,10H,5-6,8-9,11H2,(H2,18,19,25). The summed E-state index contributed by atoms with van der Waals surface area (Å²) in [5.41, 5.74) is 0.415. The van der Waals surface area contributed by atoms with Gasteiger partial charge in [0, 0.05) is 13.1 Å². The fourth-order valence-electron chi connectivity index (χ4n) is 2.44. The topological polar surface area (TPSA) is 83.8 Å². The highest BCUT2D eigenvalue weighted by atomic mass is 35.5. The normalized spacial score (nSPS) is 15.6. The third-order valence-electron chi connectivity index (χ3n) is 3.80. The molecule has 0 aliphatic carbocycles. The third kappa shape index (κ3) is 4.54. The van der Waals surface area contributed by atoms with E-state index in [9.17, 15) is 8.42 Å². The smallest absolute Gasteiger partial charge is 0.243 e. The predicted molar refractivity (Wildman–Crippen MR) is 103 cm³/mol. The van der Waals surface area contributed by atoms with Gasteiger partial charge in [0.2, 0.25) is 10.0 Å². The molecule has 0 amide bonds. The van der Waals surface area contributed by atoms with Crippen LogP contribution in [0.4, 0.5) is 5.69 Å². The van der Waals surface area contributed by atoms with Crippen molar-refractivity contribution in [1.29, 1.82) is 0 Å². The van der Waals surface area contributed by atoms with Gasteiger partial charge in [-0.05, 0) is 42.5 Å². The van der Waals surface area contributed by atoms with Crippen LogP contribution in [-0.2, 0) is 21.3 Å². The minimum Gasteiger partial charge on any atom is -0.467 e. The minimum absolute atomic E-state index is 0.153. The summed E-state index contributed by atoms with van der Waals surface area (Å²) in [6.45, 7) is 1.84. The number of nitrogens with zero attached hydrogens (tertiary/aromatic N) is 1. The zero-order valence-corrected chi connectivity index (χ0v) is 16.2. The summed E-state index contributed by atoms with van der Waals surface area (Å²) in [6.07, 6.45) is 1.57. The molecule has 26 heavy (non-hydrogen) atoms. The maximum atomic E-state index is 12.8. The molecule has 140 valence electrons. The first kappa shape index (κ1) is 19.1. The monoisotopic (exact) mass is 415 g/mol. The average molecular weight is 416 g/mol. The Balaban J connectivity index is 1.71. The average Bonchev–Trinajstić information content (AvgIpc) is 3.16. The lowest BCUT2D eigenvalue weighted by atomic mass is 10.3. The molecule has 1 fully saturated rings. The van der Waals surface area contributed by atoms with Crippen molar-refractivity contribution in [2.75, 3.05) is 31.6 Å². The predicted octanol–water partition coefficient (Wildman–Crippen LogP) is 2.44. The molecule has 1 aromatic carbocycles. The zero-order chi connectivity index (χ0) is 18.6. The SMILES string of the molecule is O=S(=O)(c1ccc(Cl)c(NC(=S)NCc2ccco2)c1)N1CCOCC1. The van der Waals surface area contributed by atoms with E-state index in [1.54, 1.807) is 12.3 Å². The van der Waals surface area contributed by atoms with Crippen LogP contribution >= 0.6 is 23.8 Å². The van der Waals surface area contributed by atoms with Crippen molar-refractivity contribution >= 4 is 44.6 Å². The lowest BCUT2D eigenvalue weighted by Crippen LogP contribution is -2.40. The highest BCUT2D eigenvalue weighted by molar-refractivity contribution is 7.89. The van der Waals surface area contributed by atoms with Crippen LogP contribution in [0.1, 0.15) is 5.76 Å². The minimum atomic E-state index is -3.61. The van der Waals surface area contributed by atoms with E-state index in [1.165, 1.54) is 22.5 Å². The van der Waals surface area contributed by atoms with Crippen molar-refractivity contribution in [3.63, 3.8) is 0 Å². The molecule has 3 rings (SSSR count). The molecule has 0 spiro atoms. The number of benzene rings is 1. The molecule has 1 aromatic heterocycles. The summed E-state index contributed by atoms with van der Waals surface area (Å²) >= 11 is 11.4. The number of halogens is 1. The number of morpholine rings is 1. The molecule has 2 aromatic rings. The van der Waals surface area contributed by atoms with E-state index in [2.05, 4.69) is 10.6 Å². The first-order chi connectivity index (χ1) is 12.5. The molecule has 0 unspecified atom stereocenters. The number of sulfonamides is 1. The molecule has 2 N–H and O–H groups in total. The van der Waals surface area contributed by atoms with E-state index < -0.39 is 10.0 Å². The van der Waals surface area contributed by atoms with Gasteiger partial charge in [0.25, 0.3) is 0 Å². The van der Waals surface area contributed by atoms with Crippen molar-refractivity contribution in [2.45, 2.75) is 11.4 Å². The Morgan fingerprint density at radius 1 is 1.27 bits per heavy atom. The fraction of sp³-hybridized carbons (Fsp3) is 0.312. The Morgan fingerprint density at radius 2 is 2.04 bits per heavy atom. The number of thiocarbonyl (C=S) groups is 1. The summed E-state index contributed by atoms with van der Waals surface area (Å²) in [5, 5.41) is 6.58. The highest BCUT2D eigenvalue weighted by Gasteiger charge is 2.26. The zero-order valence-electron chi connectivity index (χ0n) is 13.8. The first-order valence-electron chi connectivity index (χ1n) is 7.91. The molecule has 2 heterocycles. The maximum Gasteiger partial charge on any atom is 0.243 e. The maximum absolute atomic E-state index is 12.8. The Kier molecular flexibility index (Phi) is 6.15. The van der Waals surface area contributed by atoms with Gasteiger partial charge in [-0.2, -0.15) is 4.31 Å². The lowest BCUT2D eigenvalue weighted by Gasteiger charge is -2.26. The second kappa shape index (κ2) is 8.36. The van der Waals surface area contributed by atoms with Gasteiger partial charge >= 0.3 is 0 Å². The van der Waals surface area contributed by atoms with Crippen LogP contribution in [0.15, 0.2) is 45.9 Å². The van der Waals surface area contributed by atoms with E-state index in [1.807, 2.05) is 6.07 Å². The quantitative estimate of drug-likeness (QED) is 0.725.